The molecule has 2 aliphatic rings. The SMILES string of the molecule is COc1ccc2c(c1)C(N)C(CN1CCN(C)CC1)CO2. The van der Waals surface area contributed by atoms with E-state index < -0.39 is 0 Å². The van der Waals surface area contributed by atoms with Crippen LogP contribution in [0.2, 0.25) is 0 Å². The predicted molar refractivity (Wildman–Crippen MR) is 82.8 cm³/mol. The lowest BCUT2D eigenvalue weighted by Crippen LogP contribution is -2.48. The molecular weight excluding hydrogens is 266 g/mol. The zero-order valence-corrected chi connectivity index (χ0v) is 12.9. The molecule has 116 valence electrons. The largest absolute Gasteiger partial charge is 0.497 e. The highest BCUT2D eigenvalue weighted by Gasteiger charge is 2.30. The molecule has 0 amide bonds. The Morgan fingerprint density at radius 2 is 2.05 bits per heavy atom. The average molecular weight is 291 g/mol. The number of hydrogen-bond donors (Lipinski definition) is 1. The molecule has 2 atom stereocenters. The Labute approximate surface area is 126 Å². The van der Waals surface area contributed by atoms with E-state index in [9.17, 15) is 0 Å². The molecule has 2 aliphatic heterocycles. The summed E-state index contributed by atoms with van der Waals surface area (Å²) < 4.78 is 11.2. The number of rotatable bonds is 3. The van der Waals surface area contributed by atoms with Crippen LogP contribution in [0.1, 0.15) is 11.6 Å². The van der Waals surface area contributed by atoms with Crippen molar-refractivity contribution in [3.8, 4) is 11.5 Å². The average Bonchev–Trinajstić information content (AvgIpc) is 2.52. The third-order valence-electron chi connectivity index (χ3n) is 4.63. The van der Waals surface area contributed by atoms with E-state index in [0.29, 0.717) is 12.5 Å². The third-order valence-corrected chi connectivity index (χ3v) is 4.63. The van der Waals surface area contributed by atoms with Gasteiger partial charge in [-0.25, -0.2) is 0 Å². The summed E-state index contributed by atoms with van der Waals surface area (Å²) in [5, 5.41) is 0. The highest BCUT2D eigenvalue weighted by atomic mass is 16.5. The normalized spacial score (nSPS) is 27.0. The van der Waals surface area contributed by atoms with Crippen molar-refractivity contribution in [2.24, 2.45) is 11.7 Å². The van der Waals surface area contributed by atoms with Gasteiger partial charge in [-0.05, 0) is 25.2 Å². The van der Waals surface area contributed by atoms with Crippen LogP contribution in [0.15, 0.2) is 18.2 Å². The lowest BCUT2D eigenvalue weighted by molar-refractivity contribution is 0.0996. The van der Waals surface area contributed by atoms with Gasteiger partial charge in [-0.2, -0.15) is 0 Å². The van der Waals surface area contributed by atoms with Gasteiger partial charge in [-0.3, -0.25) is 0 Å². The molecule has 0 radical (unpaired) electrons. The Hall–Kier alpha value is -1.30. The summed E-state index contributed by atoms with van der Waals surface area (Å²) in [5.74, 6) is 2.08. The van der Waals surface area contributed by atoms with Gasteiger partial charge >= 0.3 is 0 Å². The first kappa shape index (κ1) is 14.6. The van der Waals surface area contributed by atoms with Gasteiger partial charge in [0, 0.05) is 50.2 Å². The van der Waals surface area contributed by atoms with Gasteiger partial charge in [0.05, 0.1) is 13.7 Å². The maximum Gasteiger partial charge on any atom is 0.124 e. The fraction of sp³-hybridized carbons (Fsp3) is 0.625. The number of benzene rings is 1. The quantitative estimate of drug-likeness (QED) is 0.898. The molecule has 2 heterocycles. The van der Waals surface area contributed by atoms with Gasteiger partial charge in [0.2, 0.25) is 0 Å². The number of piperazine rings is 1. The van der Waals surface area contributed by atoms with Crippen LogP contribution < -0.4 is 15.2 Å². The van der Waals surface area contributed by atoms with Crippen LogP contribution >= 0.6 is 0 Å². The maximum atomic E-state index is 6.49. The summed E-state index contributed by atoms with van der Waals surface area (Å²) in [6.07, 6.45) is 0. The van der Waals surface area contributed by atoms with Gasteiger partial charge in [0.15, 0.2) is 0 Å². The van der Waals surface area contributed by atoms with Gasteiger partial charge in [-0.15, -0.1) is 0 Å². The van der Waals surface area contributed by atoms with Gasteiger partial charge in [-0.1, -0.05) is 0 Å². The molecule has 0 aromatic heterocycles. The van der Waals surface area contributed by atoms with E-state index >= 15 is 0 Å². The number of nitrogens with zero attached hydrogens (tertiary/aromatic N) is 2. The van der Waals surface area contributed by atoms with Crippen molar-refractivity contribution in [2.45, 2.75) is 6.04 Å². The zero-order chi connectivity index (χ0) is 14.8. The van der Waals surface area contributed by atoms with Crippen LogP contribution in [0.25, 0.3) is 0 Å². The van der Waals surface area contributed by atoms with Crippen molar-refractivity contribution in [1.29, 1.82) is 0 Å². The number of methoxy groups -OCH3 is 1. The standard InChI is InChI=1S/C16H25N3O2/c1-18-5-7-19(8-6-18)10-12-11-21-15-4-3-13(20-2)9-14(15)16(12)17/h3-4,9,12,16H,5-8,10-11,17H2,1-2H3. The molecule has 21 heavy (non-hydrogen) atoms. The van der Waals surface area contributed by atoms with Crippen molar-refractivity contribution >= 4 is 0 Å². The second-order valence-corrected chi connectivity index (χ2v) is 6.10. The first-order valence-corrected chi connectivity index (χ1v) is 7.64. The lowest BCUT2D eigenvalue weighted by atomic mass is 9.90. The summed E-state index contributed by atoms with van der Waals surface area (Å²) >= 11 is 0. The molecule has 1 aromatic rings. The number of ether oxygens (including phenoxy) is 2. The topological polar surface area (TPSA) is 51.0 Å². The molecule has 1 saturated heterocycles. The van der Waals surface area contributed by atoms with Gasteiger partial charge in [0.1, 0.15) is 11.5 Å². The van der Waals surface area contributed by atoms with Crippen molar-refractivity contribution in [3.63, 3.8) is 0 Å². The molecule has 5 nitrogen and oxygen atoms in total. The van der Waals surface area contributed by atoms with Crippen molar-refractivity contribution in [3.05, 3.63) is 23.8 Å². The Morgan fingerprint density at radius 1 is 1.29 bits per heavy atom. The number of hydrogen-bond acceptors (Lipinski definition) is 5. The molecule has 0 saturated carbocycles. The molecule has 0 aliphatic carbocycles. The highest BCUT2D eigenvalue weighted by Crippen LogP contribution is 2.36. The van der Waals surface area contributed by atoms with Crippen LogP contribution in [0, 0.1) is 5.92 Å². The van der Waals surface area contributed by atoms with Crippen LogP contribution in [0.5, 0.6) is 11.5 Å². The maximum absolute atomic E-state index is 6.49. The van der Waals surface area contributed by atoms with Crippen LogP contribution in [-0.4, -0.2) is 63.3 Å². The van der Waals surface area contributed by atoms with Crippen LogP contribution in [0.3, 0.4) is 0 Å². The van der Waals surface area contributed by atoms with E-state index in [2.05, 4.69) is 16.8 Å². The van der Waals surface area contributed by atoms with Crippen molar-refractivity contribution in [1.82, 2.24) is 9.80 Å². The van der Waals surface area contributed by atoms with E-state index in [1.54, 1.807) is 7.11 Å². The van der Waals surface area contributed by atoms with E-state index in [0.717, 1.165) is 49.8 Å². The molecule has 0 spiro atoms. The monoisotopic (exact) mass is 291 g/mol. The minimum Gasteiger partial charge on any atom is -0.497 e. The molecule has 1 aromatic carbocycles. The van der Waals surface area contributed by atoms with E-state index in [4.69, 9.17) is 15.2 Å². The highest BCUT2D eigenvalue weighted by molar-refractivity contribution is 5.43. The molecule has 2 unspecified atom stereocenters. The van der Waals surface area contributed by atoms with Crippen LogP contribution in [0.4, 0.5) is 0 Å². The Bertz CT molecular complexity index is 486. The van der Waals surface area contributed by atoms with Gasteiger partial charge in [0.25, 0.3) is 0 Å². The summed E-state index contributed by atoms with van der Waals surface area (Å²) in [6.45, 7) is 6.20. The molecule has 3 rings (SSSR count). The van der Waals surface area contributed by atoms with E-state index in [1.165, 1.54) is 0 Å². The zero-order valence-electron chi connectivity index (χ0n) is 12.9. The first-order valence-electron chi connectivity index (χ1n) is 7.64. The van der Waals surface area contributed by atoms with Crippen LogP contribution in [-0.2, 0) is 0 Å². The fourth-order valence-corrected chi connectivity index (χ4v) is 3.13. The van der Waals surface area contributed by atoms with Crippen molar-refractivity contribution < 1.29 is 9.47 Å². The Kier molecular flexibility index (Phi) is 4.33. The second-order valence-electron chi connectivity index (χ2n) is 6.10. The Morgan fingerprint density at radius 3 is 2.76 bits per heavy atom. The predicted octanol–water partition coefficient (Wildman–Crippen LogP) is 0.951. The Balaban J connectivity index is 1.68. The fourth-order valence-electron chi connectivity index (χ4n) is 3.13. The minimum absolute atomic E-state index is 0.0171. The minimum atomic E-state index is 0.0171. The first-order chi connectivity index (χ1) is 10.2. The third kappa shape index (κ3) is 3.15. The summed E-state index contributed by atoms with van der Waals surface area (Å²) in [6, 6.07) is 5.91. The van der Waals surface area contributed by atoms with E-state index in [-0.39, 0.29) is 6.04 Å². The molecule has 0 bridgehead atoms. The molecular formula is C16H25N3O2. The number of likely N-dealkylation sites (N-methyl/N-ethyl adjacent to an activating group) is 1. The molecule has 1 fully saturated rings. The summed E-state index contributed by atoms with van der Waals surface area (Å²) in [7, 11) is 3.86. The summed E-state index contributed by atoms with van der Waals surface area (Å²) in [4.78, 5) is 4.87. The summed E-state index contributed by atoms with van der Waals surface area (Å²) in [5.41, 5.74) is 7.56. The van der Waals surface area contributed by atoms with Crippen molar-refractivity contribution in [2.75, 3.05) is 53.5 Å². The smallest absolute Gasteiger partial charge is 0.124 e. The number of fused-ring (bicyclic) bond motifs is 1. The van der Waals surface area contributed by atoms with E-state index in [1.807, 2.05) is 18.2 Å². The molecule has 5 heteroatoms. The molecule has 2 N–H and O–H groups in total. The number of nitrogens with two attached hydrogens (primary N) is 1. The second kappa shape index (κ2) is 6.22. The lowest BCUT2D eigenvalue weighted by Gasteiger charge is -2.38. The van der Waals surface area contributed by atoms with Gasteiger partial charge < -0.3 is 25.0 Å².